The van der Waals surface area contributed by atoms with Crippen LogP contribution in [0.5, 0.6) is 0 Å². The Morgan fingerprint density at radius 2 is 1.47 bits per heavy atom. The van der Waals surface area contributed by atoms with Crippen molar-refractivity contribution in [1.82, 2.24) is 4.90 Å². The van der Waals surface area contributed by atoms with Crippen molar-refractivity contribution in [3.63, 3.8) is 0 Å². The van der Waals surface area contributed by atoms with Gasteiger partial charge in [-0.05, 0) is 66.5 Å². The highest BCUT2D eigenvalue weighted by Gasteiger charge is 2.34. The minimum atomic E-state index is -0.120. The van der Waals surface area contributed by atoms with Gasteiger partial charge in [0.25, 0.3) is 5.91 Å². The lowest BCUT2D eigenvalue weighted by Gasteiger charge is -2.40. The van der Waals surface area contributed by atoms with Gasteiger partial charge in [0, 0.05) is 35.8 Å². The van der Waals surface area contributed by atoms with E-state index < -0.39 is 0 Å². The molecule has 2 amide bonds. The molecule has 0 aliphatic heterocycles. The number of nitrogens with two attached hydrogens (primary N) is 1. The Morgan fingerprint density at radius 3 is 2.08 bits per heavy atom. The van der Waals surface area contributed by atoms with Gasteiger partial charge in [-0.15, -0.1) is 0 Å². The second-order valence-corrected chi connectivity index (χ2v) is 11.8. The summed E-state index contributed by atoms with van der Waals surface area (Å²) in [7, 11) is 0. The highest BCUT2D eigenvalue weighted by molar-refractivity contribution is 6.04. The summed E-state index contributed by atoms with van der Waals surface area (Å²) in [6, 6.07) is 15.9. The van der Waals surface area contributed by atoms with Crippen LogP contribution in [0.25, 0.3) is 0 Å². The Bertz CT molecular complexity index is 1020. The van der Waals surface area contributed by atoms with Crippen LogP contribution >= 0.6 is 0 Å². The van der Waals surface area contributed by atoms with Gasteiger partial charge in [-0.3, -0.25) is 9.59 Å². The van der Waals surface area contributed by atoms with Crippen LogP contribution in [0.4, 0.5) is 5.69 Å². The van der Waals surface area contributed by atoms with Crippen LogP contribution in [-0.2, 0) is 16.8 Å². The number of carbonyl (C=O) groups excluding carboxylic acids is 2. The molecule has 0 aromatic heterocycles. The van der Waals surface area contributed by atoms with E-state index in [0.29, 0.717) is 12.1 Å². The van der Waals surface area contributed by atoms with Crippen molar-refractivity contribution < 1.29 is 9.59 Å². The molecule has 2 saturated carbocycles. The smallest absolute Gasteiger partial charge is 0.255 e. The zero-order valence-corrected chi connectivity index (χ0v) is 22.3. The third kappa shape index (κ3) is 6.56. The highest BCUT2D eigenvalue weighted by Crippen LogP contribution is 2.30. The van der Waals surface area contributed by atoms with E-state index in [2.05, 4.69) is 31.0 Å². The zero-order chi connectivity index (χ0) is 25.7. The van der Waals surface area contributed by atoms with Crippen LogP contribution < -0.4 is 11.1 Å². The molecule has 2 fully saturated rings. The summed E-state index contributed by atoms with van der Waals surface area (Å²) >= 11 is 0. The molecule has 194 valence electrons. The van der Waals surface area contributed by atoms with Crippen LogP contribution in [0.1, 0.15) is 100 Å². The Kier molecular flexibility index (Phi) is 8.50. The SMILES string of the molecule is CC(C)(C)c1ccc(C(=O)Nc2ccc(CN(C(=O)C3CCCCC3)C3CCCCC3N)cc2)cc1. The molecule has 0 saturated heterocycles. The fourth-order valence-electron chi connectivity index (χ4n) is 5.68. The van der Waals surface area contributed by atoms with Crippen molar-refractivity contribution in [3.8, 4) is 0 Å². The Balaban J connectivity index is 1.43. The van der Waals surface area contributed by atoms with Crippen molar-refractivity contribution in [3.05, 3.63) is 65.2 Å². The van der Waals surface area contributed by atoms with Gasteiger partial charge >= 0.3 is 0 Å². The fraction of sp³-hybridized carbons (Fsp3) is 0.548. The molecular formula is C31H43N3O2. The summed E-state index contributed by atoms with van der Waals surface area (Å²) < 4.78 is 0. The lowest BCUT2D eigenvalue weighted by molar-refractivity contribution is -0.141. The number of hydrogen-bond donors (Lipinski definition) is 2. The molecule has 2 aliphatic carbocycles. The topological polar surface area (TPSA) is 75.4 Å². The lowest BCUT2D eigenvalue weighted by Crippen LogP contribution is -2.53. The number of hydrogen-bond acceptors (Lipinski definition) is 3. The molecule has 2 aromatic carbocycles. The predicted molar refractivity (Wildman–Crippen MR) is 147 cm³/mol. The molecule has 0 spiro atoms. The van der Waals surface area contributed by atoms with Crippen molar-refractivity contribution >= 4 is 17.5 Å². The number of nitrogens with one attached hydrogen (secondary N) is 1. The average molecular weight is 490 g/mol. The van der Waals surface area contributed by atoms with Gasteiger partial charge in [-0.1, -0.05) is 77.1 Å². The van der Waals surface area contributed by atoms with Gasteiger partial charge in [-0.25, -0.2) is 0 Å². The van der Waals surface area contributed by atoms with E-state index in [9.17, 15) is 9.59 Å². The molecule has 4 rings (SSSR count). The zero-order valence-electron chi connectivity index (χ0n) is 22.3. The van der Waals surface area contributed by atoms with Crippen LogP contribution in [0.2, 0.25) is 0 Å². The summed E-state index contributed by atoms with van der Waals surface area (Å²) in [6.45, 7) is 7.07. The summed E-state index contributed by atoms with van der Waals surface area (Å²) in [5.74, 6) is 0.301. The number of amides is 2. The van der Waals surface area contributed by atoms with Gasteiger partial charge in [-0.2, -0.15) is 0 Å². The first-order chi connectivity index (χ1) is 17.2. The minimum Gasteiger partial charge on any atom is -0.334 e. The van der Waals surface area contributed by atoms with E-state index in [4.69, 9.17) is 5.73 Å². The molecule has 36 heavy (non-hydrogen) atoms. The molecule has 2 unspecified atom stereocenters. The first-order valence-electron chi connectivity index (χ1n) is 13.8. The van der Waals surface area contributed by atoms with Crippen LogP contribution in [0, 0.1) is 5.92 Å². The van der Waals surface area contributed by atoms with Gasteiger partial charge in [0.1, 0.15) is 0 Å². The molecular weight excluding hydrogens is 446 g/mol. The van der Waals surface area contributed by atoms with Crippen LogP contribution in [-0.4, -0.2) is 28.8 Å². The summed E-state index contributed by atoms with van der Waals surface area (Å²) in [4.78, 5) is 28.5. The quantitative estimate of drug-likeness (QED) is 0.492. The number of carbonyl (C=O) groups is 2. The van der Waals surface area contributed by atoms with Crippen LogP contribution in [0.3, 0.4) is 0 Å². The maximum Gasteiger partial charge on any atom is 0.255 e. The fourth-order valence-corrected chi connectivity index (χ4v) is 5.68. The molecule has 2 aromatic rings. The van der Waals surface area contributed by atoms with E-state index in [0.717, 1.165) is 62.6 Å². The molecule has 0 heterocycles. The van der Waals surface area contributed by atoms with Gasteiger partial charge in [0.2, 0.25) is 5.91 Å². The second-order valence-electron chi connectivity index (χ2n) is 11.8. The second kappa shape index (κ2) is 11.6. The normalized spacial score (nSPS) is 21.1. The Labute approximate surface area is 216 Å². The Morgan fingerprint density at radius 1 is 0.861 bits per heavy atom. The first-order valence-corrected chi connectivity index (χ1v) is 13.8. The monoisotopic (exact) mass is 489 g/mol. The lowest BCUT2D eigenvalue weighted by atomic mass is 9.85. The molecule has 2 atom stereocenters. The average Bonchev–Trinajstić information content (AvgIpc) is 2.88. The molecule has 0 radical (unpaired) electrons. The summed E-state index contributed by atoms with van der Waals surface area (Å²) in [6.07, 6.45) is 9.79. The molecule has 3 N–H and O–H groups in total. The van der Waals surface area contributed by atoms with E-state index in [1.807, 2.05) is 48.5 Å². The van der Waals surface area contributed by atoms with E-state index in [1.165, 1.54) is 12.0 Å². The first kappa shape index (κ1) is 26.4. The van der Waals surface area contributed by atoms with E-state index in [-0.39, 0.29) is 35.2 Å². The standard InChI is InChI=1S/C31H43N3O2/c1-31(2,3)25-17-15-23(16-18-25)29(35)33-26-19-13-22(14-20-26)21-34(28-12-8-7-11-27(28)32)30(36)24-9-5-4-6-10-24/h13-20,24,27-28H,4-12,21,32H2,1-3H3,(H,33,35). The predicted octanol–water partition coefficient (Wildman–Crippen LogP) is 6.42. The van der Waals surface area contributed by atoms with Gasteiger partial charge < -0.3 is 16.0 Å². The third-order valence-corrected chi connectivity index (χ3v) is 8.00. The van der Waals surface area contributed by atoms with Crippen molar-refractivity contribution in [1.29, 1.82) is 0 Å². The van der Waals surface area contributed by atoms with E-state index >= 15 is 0 Å². The van der Waals surface area contributed by atoms with Crippen molar-refractivity contribution in [2.75, 3.05) is 5.32 Å². The molecule has 2 aliphatic rings. The molecule has 5 nitrogen and oxygen atoms in total. The maximum absolute atomic E-state index is 13.6. The highest BCUT2D eigenvalue weighted by atomic mass is 16.2. The van der Waals surface area contributed by atoms with Crippen LogP contribution in [0.15, 0.2) is 48.5 Å². The van der Waals surface area contributed by atoms with Gasteiger partial charge in [0.05, 0.1) is 0 Å². The largest absolute Gasteiger partial charge is 0.334 e. The van der Waals surface area contributed by atoms with Crippen molar-refractivity contribution in [2.24, 2.45) is 11.7 Å². The number of rotatable bonds is 6. The van der Waals surface area contributed by atoms with Gasteiger partial charge in [0.15, 0.2) is 0 Å². The maximum atomic E-state index is 13.6. The van der Waals surface area contributed by atoms with E-state index in [1.54, 1.807) is 0 Å². The summed E-state index contributed by atoms with van der Waals surface area (Å²) in [5, 5.41) is 3.00. The summed E-state index contributed by atoms with van der Waals surface area (Å²) in [5.41, 5.74) is 10.3. The molecule has 5 heteroatoms. The Hall–Kier alpha value is -2.66. The third-order valence-electron chi connectivity index (χ3n) is 8.00. The number of benzene rings is 2. The number of anilines is 1. The minimum absolute atomic E-state index is 0.0505. The number of nitrogens with zero attached hydrogens (tertiary/aromatic N) is 1. The van der Waals surface area contributed by atoms with Crippen molar-refractivity contribution in [2.45, 2.75) is 103 Å². The molecule has 0 bridgehead atoms.